The van der Waals surface area contributed by atoms with Crippen LogP contribution in [0, 0.1) is 6.92 Å². The molecule has 0 atom stereocenters. The first-order valence-corrected chi connectivity index (χ1v) is 8.85. The second kappa shape index (κ2) is 5.89. The van der Waals surface area contributed by atoms with Crippen molar-refractivity contribution in [3.05, 3.63) is 65.2 Å². The first kappa shape index (κ1) is 15.9. The number of aryl methyl sites for hydroxylation is 1. The van der Waals surface area contributed by atoms with Crippen molar-refractivity contribution in [2.24, 2.45) is 0 Å². The quantitative estimate of drug-likeness (QED) is 0.746. The highest BCUT2D eigenvalue weighted by Gasteiger charge is 2.42. The van der Waals surface area contributed by atoms with Crippen molar-refractivity contribution in [2.45, 2.75) is 31.3 Å². The minimum absolute atomic E-state index is 0.0327. The third-order valence-electron chi connectivity index (χ3n) is 4.08. The van der Waals surface area contributed by atoms with Gasteiger partial charge in [-0.25, -0.2) is 0 Å². The molecule has 0 saturated carbocycles. The first-order chi connectivity index (χ1) is 10.9. The van der Waals surface area contributed by atoms with Crippen LogP contribution in [0.5, 0.6) is 0 Å². The van der Waals surface area contributed by atoms with Crippen LogP contribution in [-0.4, -0.2) is 17.6 Å². The lowest BCUT2D eigenvalue weighted by Gasteiger charge is -2.18. The fourth-order valence-corrected chi connectivity index (χ4v) is 3.43. The van der Waals surface area contributed by atoms with Crippen molar-refractivity contribution in [1.82, 2.24) is 0 Å². The van der Waals surface area contributed by atoms with Gasteiger partial charge in [-0.15, -0.1) is 11.8 Å². The maximum atomic E-state index is 12.8. The van der Waals surface area contributed by atoms with Crippen LogP contribution in [0.3, 0.4) is 0 Å². The molecule has 0 N–H and O–H groups in total. The van der Waals surface area contributed by atoms with E-state index in [1.165, 1.54) is 10.5 Å². The van der Waals surface area contributed by atoms with Gasteiger partial charge in [0.25, 0.3) is 0 Å². The second-order valence-electron chi connectivity index (χ2n) is 6.20. The van der Waals surface area contributed by atoms with Gasteiger partial charge in [0, 0.05) is 10.5 Å². The largest absolute Gasteiger partial charge is 0.478 e. The number of Topliss-reactive ketones (excluding diaryl/α,β-unsaturated/α-hetero) is 1. The standard InChI is InChI=1S/C20H20O2S/c1-13-12-15(10-11-16(13)23-4)18-17(14-8-6-5-7-9-14)19(21)20(2,3)22-18/h5-12H,1-4H3. The molecular formula is C20H20O2S. The summed E-state index contributed by atoms with van der Waals surface area (Å²) in [5.74, 6) is 0.715. The Kier molecular flexibility index (Phi) is 4.07. The number of hydrogen-bond acceptors (Lipinski definition) is 3. The van der Waals surface area contributed by atoms with Gasteiger partial charge >= 0.3 is 0 Å². The van der Waals surface area contributed by atoms with E-state index in [1.807, 2.05) is 50.2 Å². The maximum absolute atomic E-state index is 12.8. The van der Waals surface area contributed by atoms with Crippen LogP contribution in [0.25, 0.3) is 11.3 Å². The molecule has 2 aromatic carbocycles. The van der Waals surface area contributed by atoms with Gasteiger partial charge in [0.2, 0.25) is 5.78 Å². The van der Waals surface area contributed by atoms with Crippen molar-refractivity contribution in [2.75, 3.05) is 6.26 Å². The molecule has 0 aromatic heterocycles. The van der Waals surface area contributed by atoms with E-state index in [0.29, 0.717) is 11.3 Å². The summed E-state index contributed by atoms with van der Waals surface area (Å²) in [5.41, 5.74) is 2.90. The summed E-state index contributed by atoms with van der Waals surface area (Å²) in [7, 11) is 0. The van der Waals surface area contributed by atoms with Gasteiger partial charge in [0.05, 0.1) is 5.57 Å². The predicted molar refractivity (Wildman–Crippen MR) is 96.4 cm³/mol. The van der Waals surface area contributed by atoms with Crippen molar-refractivity contribution in [3.8, 4) is 0 Å². The third-order valence-corrected chi connectivity index (χ3v) is 4.98. The summed E-state index contributed by atoms with van der Waals surface area (Å²) in [5, 5.41) is 0. The number of rotatable bonds is 3. The molecule has 2 aromatic rings. The van der Waals surface area contributed by atoms with Crippen LogP contribution in [0.15, 0.2) is 53.4 Å². The van der Waals surface area contributed by atoms with Crippen LogP contribution >= 0.6 is 11.8 Å². The lowest BCUT2D eigenvalue weighted by molar-refractivity contribution is -0.125. The minimum atomic E-state index is -0.827. The van der Waals surface area contributed by atoms with E-state index in [2.05, 4.69) is 25.3 Å². The normalized spacial score (nSPS) is 16.6. The van der Waals surface area contributed by atoms with Crippen molar-refractivity contribution in [3.63, 3.8) is 0 Å². The van der Waals surface area contributed by atoms with Crippen molar-refractivity contribution in [1.29, 1.82) is 0 Å². The average molecular weight is 324 g/mol. The first-order valence-electron chi connectivity index (χ1n) is 7.62. The Hall–Kier alpha value is -2.00. The lowest BCUT2D eigenvalue weighted by atomic mass is 9.92. The molecule has 0 bridgehead atoms. The highest BCUT2D eigenvalue weighted by atomic mass is 32.2. The average Bonchev–Trinajstić information content (AvgIpc) is 2.78. The fourth-order valence-electron chi connectivity index (χ4n) is 2.85. The number of benzene rings is 2. The molecule has 2 nitrogen and oxygen atoms in total. The van der Waals surface area contributed by atoms with E-state index < -0.39 is 5.60 Å². The van der Waals surface area contributed by atoms with Crippen LogP contribution in [0.2, 0.25) is 0 Å². The maximum Gasteiger partial charge on any atom is 0.210 e. The van der Waals surface area contributed by atoms with Crippen LogP contribution < -0.4 is 0 Å². The van der Waals surface area contributed by atoms with Gasteiger partial charge in [0.15, 0.2) is 5.60 Å². The number of hydrogen-bond donors (Lipinski definition) is 0. The Balaban J connectivity index is 2.18. The lowest BCUT2D eigenvalue weighted by Crippen LogP contribution is -2.29. The highest BCUT2D eigenvalue weighted by Crippen LogP contribution is 2.41. The van der Waals surface area contributed by atoms with Crippen molar-refractivity contribution >= 4 is 28.9 Å². The molecule has 0 amide bonds. The number of thioether (sulfide) groups is 1. The predicted octanol–water partition coefficient (Wildman–Crippen LogP) is 4.96. The molecule has 23 heavy (non-hydrogen) atoms. The summed E-state index contributed by atoms with van der Waals surface area (Å²) in [4.78, 5) is 14.1. The molecule has 0 saturated heterocycles. The summed E-state index contributed by atoms with van der Waals surface area (Å²) in [6.45, 7) is 5.74. The molecule has 118 valence electrons. The monoisotopic (exact) mass is 324 g/mol. The van der Waals surface area contributed by atoms with Gasteiger partial charge < -0.3 is 4.74 Å². The van der Waals surface area contributed by atoms with Gasteiger partial charge in [-0.3, -0.25) is 4.79 Å². The van der Waals surface area contributed by atoms with E-state index >= 15 is 0 Å². The van der Waals surface area contributed by atoms with Gasteiger partial charge in [-0.1, -0.05) is 36.4 Å². The summed E-state index contributed by atoms with van der Waals surface area (Å²) < 4.78 is 6.07. The summed E-state index contributed by atoms with van der Waals surface area (Å²) in [6.07, 6.45) is 2.06. The van der Waals surface area contributed by atoms with Crippen LogP contribution in [0.4, 0.5) is 0 Å². The Labute approximate surface area is 141 Å². The highest BCUT2D eigenvalue weighted by molar-refractivity contribution is 7.98. The summed E-state index contributed by atoms with van der Waals surface area (Å²) >= 11 is 1.72. The Morgan fingerprint density at radius 1 is 1.00 bits per heavy atom. The molecule has 3 rings (SSSR count). The molecule has 1 aliphatic rings. The van der Waals surface area contributed by atoms with Crippen LogP contribution in [-0.2, 0) is 9.53 Å². The third kappa shape index (κ3) is 2.81. The smallest absolute Gasteiger partial charge is 0.210 e. The van der Waals surface area contributed by atoms with Gasteiger partial charge in [-0.2, -0.15) is 0 Å². The number of carbonyl (C=O) groups is 1. The molecular weight excluding hydrogens is 304 g/mol. The number of ketones is 1. The fraction of sp³-hybridized carbons (Fsp3) is 0.250. The van der Waals surface area contributed by atoms with E-state index in [9.17, 15) is 4.79 Å². The second-order valence-corrected chi connectivity index (χ2v) is 7.04. The topological polar surface area (TPSA) is 26.3 Å². The number of ether oxygens (including phenoxy) is 1. The summed E-state index contributed by atoms with van der Waals surface area (Å²) in [6, 6.07) is 16.0. The van der Waals surface area contributed by atoms with E-state index in [0.717, 1.165) is 11.1 Å². The van der Waals surface area contributed by atoms with Crippen LogP contribution in [0.1, 0.15) is 30.5 Å². The van der Waals surface area contributed by atoms with Gasteiger partial charge in [-0.05, 0) is 50.3 Å². The molecule has 1 aliphatic heterocycles. The number of carbonyl (C=O) groups excluding carboxylic acids is 1. The zero-order chi connectivity index (χ0) is 16.6. The zero-order valence-electron chi connectivity index (χ0n) is 13.8. The Bertz CT molecular complexity index is 789. The van der Waals surface area contributed by atoms with E-state index in [1.54, 1.807) is 11.8 Å². The Morgan fingerprint density at radius 3 is 2.30 bits per heavy atom. The molecule has 0 fully saturated rings. The Morgan fingerprint density at radius 2 is 1.70 bits per heavy atom. The zero-order valence-corrected chi connectivity index (χ0v) is 14.7. The molecule has 3 heteroatoms. The molecule has 0 radical (unpaired) electrons. The molecule has 0 unspecified atom stereocenters. The minimum Gasteiger partial charge on any atom is -0.478 e. The van der Waals surface area contributed by atoms with Gasteiger partial charge in [0.1, 0.15) is 5.76 Å². The molecule has 1 heterocycles. The molecule has 0 aliphatic carbocycles. The molecule has 0 spiro atoms. The van der Waals surface area contributed by atoms with E-state index in [4.69, 9.17) is 4.74 Å². The SMILES string of the molecule is CSc1ccc(C2=C(c3ccccc3)C(=O)C(C)(C)O2)cc1C. The van der Waals surface area contributed by atoms with E-state index in [-0.39, 0.29) is 5.78 Å². The van der Waals surface area contributed by atoms with Crippen molar-refractivity contribution < 1.29 is 9.53 Å².